The Bertz CT molecular complexity index is 870. The van der Waals surface area contributed by atoms with E-state index in [9.17, 15) is 0 Å². The van der Waals surface area contributed by atoms with Crippen LogP contribution < -0.4 is 0 Å². The maximum Gasteiger partial charge on any atom is 0.119 e. The van der Waals surface area contributed by atoms with Crippen LogP contribution in [0.15, 0.2) is 65.7 Å². The largest absolute Gasteiger partial charge is 0.499 e. The molecule has 0 radical (unpaired) electrons. The highest BCUT2D eigenvalue weighted by molar-refractivity contribution is 6.09. The van der Waals surface area contributed by atoms with E-state index in [0.717, 1.165) is 23.7 Å². The molecule has 2 aromatic heterocycles. The van der Waals surface area contributed by atoms with Crippen molar-refractivity contribution in [2.24, 2.45) is 4.99 Å². The molecule has 24 heavy (non-hydrogen) atoms. The van der Waals surface area contributed by atoms with Gasteiger partial charge in [-0.3, -0.25) is 4.99 Å². The quantitative estimate of drug-likeness (QED) is 0.767. The summed E-state index contributed by atoms with van der Waals surface area (Å²) in [4.78, 5) is 7.39. The topological polar surface area (TPSA) is 42.3 Å². The number of fused-ring (bicyclic) bond motifs is 1. The van der Waals surface area contributed by atoms with E-state index in [1.54, 1.807) is 7.11 Å². The van der Waals surface area contributed by atoms with Gasteiger partial charge in [0.25, 0.3) is 0 Å². The van der Waals surface area contributed by atoms with Gasteiger partial charge in [-0.2, -0.15) is 0 Å². The van der Waals surface area contributed by atoms with Gasteiger partial charge >= 0.3 is 0 Å². The molecule has 0 bridgehead atoms. The SMILES string of the molecule is CCn1cc2cccc(C)c2c1.COC1=CC(c2ccc[nH]2)=NC1. The van der Waals surface area contributed by atoms with Crippen LogP contribution in [0.3, 0.4) is 0 Å². The molecule has 0 saturated carbocycles. The van der Waals surface area contributed by atoms with Crippen LogP contribution in [-0.2, 0) is 11.3 Å². The van der Waals surface area contributed by atoms with Crippen LogP contribution in [0.25, 0.3) is 10.8 Å². The van der Waals surface area contributed by atoms with E-state index < -0.39 is 0 Å². The Labute approximate surface area is 142 Å². The van der Waals surface area contributed by atoms with Gasteiger partial charge in [0.05, 0.1) is 25.1 Å². The fourth-order valence-corrected chi connectivity index (χ4v) is 2.74. The second-order valence-corrected chi connectivity index (χ2v) is 5.77. The van der Waals surface area contributed by atoms with Gasteiger partial charge in [-0.1, -0.05) is 18.2 Å². The Balaban J connectivity index is 0.000000141. The predicted molar refractivity (Wildman–Crippen MR) is 99.6 cm³/mol. The summed E-state index contributed by atoms with van der Waals surface area (Å²) in [6, 6.07) is 10.4. The third-order valence-electron chi connectivity index (χ3n) is 4.16. The van der Waals surface area contributed by atoms with Crippen LogP contribution in [0.5, 0.6) is 0 Å². The molecule has 0 atom stereocenters. The van der Waals surface area contributed by atoms with Gasteiger partial charge in [-0.25, -0.2) is 0 Å². The maximum absolute atomic E-state index is 5.07. The molecule has 0 amide bonds. The maximum atomic E-state index is 5.07. The molecule has 0 spiro atoms. The number of nitrogens with one attached hydrogen (secondary N) is 1. The second-order valence-electron chi connectivity index (χ2n) is 5.77. The van der Waals surface area contributed by atoms with Gasteiger partial charge in [-0.15, -0.1) is 0 Å². The van der Waals surface area contributed by atoms with Crippen molar-refractivity contribution in [3.05, 3.63) is 72.0 Å². The number of rotatable bonds is 3. The first-order valence-electron chi connectivity index (χ1n) is 8.19. The number of aromatic amines is 1. The minimum atomic E-state index is 0.658. The Morgan fingerprint density at radius 1 is 1.21 bits per heavy atom. The summed E-state index contributed by atoms with van der Waals surface area (Å²) in [5.41, 5.74) is 3.37. The number of allylic oxidation sites excluding steroid dienone is 1. The van der Waals surface area contributed by atoms with Crippen molar-refractivity contribution in [2.45, 2.75) is 20.4 Å². The number of hydrogen-bond acceptors (Lipinski definition) is 2. The second kappa shape index (κ2) is 7.21. The zero-order valence-electron chi connectivity index (χ0n) is 14.4. The lowest BCUT2D eigenvalue weighted by atomic mass is 10.1. The van der Waals surface area contributed by atoms with Crippen molar-refractivity contribution >= 4 is 16.5 Å². The molecule has 1 N–H and O–H groups in total. The van der Waals surface area contributed by atoms with Crippen molar-refractivity contribution in [1.82, 2.24) is 9.55 Å². The molecule has 3 aromatic rings. The molecule has 0 aliphatic carbocycles. The number of H-pyrrole nitrogens is 1. The average molecular weight is 321 g/mol. The first kappa shape index (κ1) is 16.1. The zero-order valence-corrected chi connectivity index (χ0v) is 14.4. The van der Waals surface area contributed by atoms with E-state index in [2.05, 4.69) is 59.0 Å². The summed E-state index contributed by atoms with van der Waals surface area (Å²) in [7, 11) is 1.67. The van der Waals surface area contributed by atoms with Crippen LogP contribution in [0.2, 0.25) is 0 Å². The number of nitrogens with zero attached hydrogens (tertiary/aromatic N) is 2. The number of benzene rings is 1. The van der Waals surface area contributed by atoms with Crippen molar-refractivity contribution < 1.29 is 4.74 Å². The lowest BCUT2D eigenvalue weighted by Gasteiger charge is -1.93. The van der Waals surface area contributed by atoms with Crippen LogP contribution in [0.1, 0.15) is 18.2 Å². The lowest BCUT2D eigenvalue weighted by molar-refractivity contribution is 0.290. The molecule has 0 saturated heterocycles. The third-order valence-corrected chi connectivity index (χ3v) is 4.16. The molecular formula is C20H23N3O. The zero-order chi connectivity index (χ0) is 16.9. The van der Waals surface area contributed by atoms with Gasteiger partial charge in [0.2, 0.25) is 0 Å². The van der Waals surface area contributed by atoms with Gasteiger partial charge in [0.15, 0.2) is 0 Å². The minimum absolute atomic E-state index is 0.658. The summed E-state index contributed by atoms with van der Waals surface area (Å²) < 4.78 is 7.29. The average Bonchev–Trinajstić information content (AvgIpc) is 3.34. The standard InChI is InChI=1S/C11H13N.C9H10N2O/c1-3-12-7-10-6-4-5-9(2)11(10)8-12;1-12-7-5-9(11-6-7)8-3-2-4-10-8/h4-8H,3H2,1-2H3;2-5,10H,6H2,1H3. The third kappa shape index (κ3) is 3.43. The van der Waals surface area contributed by atoms with E-state index in [4.69, 9.17) is 4.74 Å². The number of hydrogen-bond donors (Lipinski definition) is 1. The molecule has 0 unspecified atom stereocenters. The molecule has 124 valence electrons. The van der Waals surface area contributed by atoms with Crippen molar-refractivity contribution in [3.8, 4) is 0 Å². The van der Waals surface area contributed by atoms with E-state index in [-0.39, 0.29) is 0 Å². The smallest absolute Gasteiger partial charge is 0.119 e. The molecule has 4 rings (SSSR count). The fraction of sp³-hybridized carbons (Fsp3) is 0.250. The van der Waals surface area contributed by atoms with E-state index in [1.807, 2.05) is 24.4 Å². The molecule has 1 aliphatic heterocycles. The normalized spacial score (nSPS) is 13.3. The van der Waals surface area contributed by atoms with Gasteiger partial charge in [0.1, 0.15) is 5.76 Å². The Morgan fingerprint density at radius 2 is 2.08 bits per heavy atom. The fourth-order valence-electron chi connectivity index (χ4n) is 2.74. The van der Waals surface area contributed by atoms with Crippen LogP contribution in [0, 0.1) is 6.92 Å². The summed E-state index contributed by atoms with van der Waals surface area (Å²) in [5, 5.41) is 2.72. The molecule has 1 aliphatic rings. The number of aromatic nitrogens is 2. The van der Waals surface area contributed by atoms with E-state index >= 15 is 0 Å². The van der Waals surface area contributed by atoms with Crippen LogP contribution >= 0.6 is 0 Å². The molecule has 3 heterocycles. The van der Waals surface area contributed by atoms with Gasteiger partial charge in [0, 0.05) is 36.6 Å². The highest BCUT2D eigenvalue weighted by atomic mass is 16.5. The number of aliphatic imine (C=N–C) groups is 1. The predicted octanol–water partition coefficient (Wildman–Crippen LogP) is 4.32. The summed E-state index contributed by atoms with van der Waals surface area (Å²) in [6.45, 7) is 6.02. The molecule has 0 fully saturated rings. The lowest BCUT2D eigenvalue weighted by Crippen LogP contribution is -1.93. The number of methoxy groups -OCH3 is 1. The Morgan fingerprint density at radius 3 is 2.71 bits per heavy atom. The highest BCUT2D eigenvalue weighted by Crippen LogP contribution is 2.18. The first-order valence-corrected chi connectivity index (χ1v) is 8.19. The highest BCUT2D eigenvalue weighted by Gasteiger charge is 2.09. The van der Waals surface area contributed by atoms with E-state index in [0.29, 0.717) is 6.54 Å². The molecule has 1 aromatic carbocycles. The van der Waals surface area contributed by atoms with Gasteiger partial charge in [-0.05, 0) is 36.9 Å². The minimum Gasteiger partial charge on any atom is -0.499 e. The monoisotopic (exact) mass is 321 g/mol. The summed E-state index contributed by atoms with van der Waals surface area (Å²) in [6.07, 6.45) is 8.25. The van der Waals surface area contributed by atoms with Gasteiger partial charge < -0.3 is 14.3 Å². The van der Waals surface area contributed by atoms with Crippen LogP contribution in [0.4, 0.5) is 0 Å². The summed E-state index contributed by atoms with van der Waals surface area (Å²) >= 11 is 0. The molecular weight excluding hydrogens is 298 g/mol. The van der Waals surface area contributed by atoms with E-state index in [1.165, 1.54) is 16.3 Å². The van der Waals surface area contributed by atoms with Crippen molar-refractivity contribution in [3.63, 3.8) is 0 Å². The van der Waals surface area contributed by atoms with Crippen molar-refractivity contribution in [2.75, 3.05) is 13.7 Å². The Hall–Kier alpha value is -2.75. The number of aryl methyl sites for hydroxylation is 2. The van der Waals surface area contributed by atoms with Crippen molar-refractivity contribution in [1.29, 1.82) is 0 Å². The molecule has 4 nitrogen and oxygen atoms in total. The Kier molecular flexibility index (Phi) is 4.85. The molecule has 4 heteroatoms. The summed E-state index contributed by atoms with van der Waals surface area (Å²) in [5.74, 6) is 0.916. The number of ether oxygens (including phenoxy) is 1. The van der Waals surface area contributed by atoms with Crippen LogP contribution in [-0.4, -0.2) is 28.9 Å². The first-order chi connectivity index (χ1) is 11.7.